The highest BCUT2D eigenvalue weighted by molar-refractivity contribution is 5.35. The Labute approximate surface area is 117 Å². The van der Waals surface area contributed by atoms with E-state index in [4.69, 9.17) is 0 Å². The van der Waals surface area contributed by atoms with Crippen LogP contribution in [0.1, 0.15) is 19.8 Å². The molecule has 0 aliphatic carbocycles. The number of hydrogen-bond donors (Lipinski definition) is 1. The Kier molecular flexibility index (Phi) is 3.35. The van der Waals surface area contributed by atoms with Gasteiger partial charge in [0.1, 0.15) is 0 Å². The summed E-state index contributed by atoms with van der Waals surface area (Å²) < 4.78 is 3.05. The summed E-state index contributed by atoms with van der Waals surface area (Å²) in [6.45, 7) is 4.79. The van der Waals surface area contributed by atoms with Crippen LogP contribution in [0.4, 0.5) is 0 Å². The van der Waals surface area contributed by atoms with Crippen LogP contribution in [0.25, 0.3) is 5.65 Å². The molecule has 1 aliphatic rings. The van der Waals surface area contributed by atoms with Gasteiger partial charge in [-0.2, -0.15) is 0 Å². The molecule has 1 unspecified atom stereocenters. The van der Waals surface area contributed by atoms with Crippen molar-refractivity contribution in [1.82, 2.24) is 19.1 Å². The summed E-state index contributed by atoms with van der Waals surface area (Å²) in [5.74, 6) is 0. The zero-order valence-corrected chi connectivity index (χ0v) is 11.7. The number of fused-ring (bicyclic) bond motifs is 1. The van der Waals surface area contributed by atoms with E-state index in [1.165, 1.54) is 4.68 Å². The molecule has 6 heteroatoms. The van der Waals surface area contributed by atoms with Crippen molar-refractivity contribution in [3.8, 4) is 0 Å². The van der Waals surface area contributed by atoms with Gasteiger partial charge < -0.3 is 5.11 Å². The topological polar surface area (TPSA) is 62.8 Å². The molecular weight excluding hydrogens is 256 g/mol. The minimum absolute atomic E-state index is 0.107. The lowest BCUT2D eigenvalue weighted by Crippen LogP contribution is -2.47. The van der Waals surface area contributed by atoms with Crippen molar-refractivity contribution in [2.24, 2.45) is 0 Å². The van der Waals surface area contributed by atoms with Crippen LogP contribution in [0.2, 0.25) is 0 Å². The molecule has 1 atom stereocenters. The van der Waals surface area contributed by atoms with E-state index in [9.17, 15) is 9.90 Å². The second-order valence-electron chi connectivity index (χ2n) is 5.81. The van der Waals surface area contributed by atoms with Crippen molar-refractivity contribution >= 4 is 5.65 Å². The number of aliphatic hydroxyl groups is 1. The average molecular weight is 276 g/mol. The maximum atomic E-state index is 12.1. The first-order valence-electron chi connectivity index (χ1n) is 7.04. The molecule has 20 heavy (non-hydrogen) atoms. The molecule has 1 saturated heterocycles. The molecule has 3 heterocycles. The average Bonchev–Trinajstić information content (AvgIpc) is 2.73. The molecule has 6 nitrogen and oxygen atoms in total. The Bertz CT molecular complexity index is 658. The van der Waals surface area contributed by atoms with Gasteiger partial charge in [-0.25, -0.2) is 9.48 Å². The monoisotopic (exact) mass is 276 g/mol. The number of rotatable bonds is 3. The fourth-order valence-electron chi connectivity index (χ4n) is 2.86. The van der Waals surface area contributed by atoms with Crippen LogP contribution in [0, 0.1) is 0 Å². The maximum absolute atomic E-state index is 12.1. The van der Waals surface area contributed by atoms with Crippen molar-refractivity contribution < 1.29 is 5.11 Å². The maximum Gasteiger partial charge on any atom is 0.350 e. The second kappa shape index (κ2) is 5.03. The van der Waals surface area contributed by atoms with Crippen LogP contribution < -0.4 is 5.69 Å². The Balaban J connectivity index is 1.71. The summed E-state index contributed by atoms with van der Waals surface area (Å²) >= 11 is 0. The van der Waals surface area contributed by atoms with Gasteiger partial charge in [0.2, 0.25) is 0 Å². The van der Waals surface area contributed by atoms with E-state index in [0.717, 1.165) is 25.9 Å². The van der Waals surface area contributed by atoms with Crippen molar-refractivity contribution in [2.45, 2.75) is 31.9 Å². The van der Waals surface area contributed by atoms with E-state index in [2.05, 4.69) is 10.00 Å². The molecule has 1 fully saturated rings. The highest BCUT2D eigenvalue weighted by atomic mass is 16.3. The summed E-state index contributed by atoms with van der Waals surface area (Å²) in [5, 5.41) is 14.4. The predicted molar refractivity (Wildman–Crippen MR) is 75.7 cm³/mol. The number of piperidine rings is 1. The SMILES string of the molecule is CC1(O)CCCN(CCn2nc3ccccn3c2=O)C1. The summed E-state index contributed by atoms with van der Waals surface area (Å²) in [5.41, 5.74) is -0.0465. The van der Waals surface area contributed by atoms with Crippen LogP contribution in [0.3, 0.4) is 0 Å². The molecule has 1 N–H and O–H groups in total. The van der Waals surface area contributed by atoms with E-state index in [0.29, 0.717) is 18.7 Å². The zero-order chi connectivity index (χ0) is 14.2. The Morgan fingerprint density at radius 2 is 2.25 bits per heavy atom. The van der Waals surface area contributed by atoms with Crippen molar-refractivity contribution in [1.29, 1.82) is 0 Å². The summed E-state index contributed by atoms with van der Waals surface area (Å²) in [7, 11) is 0. The lowest BCUT2D eigenvalue weighted by molar-refractivity contribution is -0.0166. The number of aromatic nitrogens is 3. The van der Waals surface area contributed by atoms with Crippen molar-refractivity contribution in [3.63, 3.8) is 0 Å². The van der Waals surface area contributed by atoms with Crippen LogP contribution in [0.15, 0.2) is 29.2 Å². The third-order valence-corrected chi connectivity index (χ3v) is 3.87. The number of nitrogens with zero attached hydrogens (tertiary/aromatic N) is 4. The van der Waals surface area contributed by atoms with Crippen LogP contribution >= 0.6 is 0 Å². The van der Waals surface area contributed by atoms with Gasteiger partial charge in [0.05, 0.1) is 12.1 Å². The third kappa shape index (κ3) is 2.62. The van der Waals surface area contributed by atoms with Crippen LogP contribution in [0.5, 0.6) is 0 Å². The van der Waals surface area contributed by atoms with Gasteiger partial charge in [-0.15, -0.1) is 5.10 Å². The van der Waals surface area contributed by atoms with E-state index in [1.807, 2.05) is 25.1 Å². The number of β-amino-alcohol motifs (C(OH)–C–C–N with tert-alkyl or cyclic N) is 1. The molecule has 2 aromatic heterocycles. The largest absolute Gasteiger partial charge is 0.389 e. The standard InChI is InChI=1S/C14H20N4O2/c1-14(20)6-4-7-16(11-14)9-10-18-13(19)17-8-3-2-5-12(17)15-18/h2-3,5,8,20H,4,6-7,9-11H2,1H3. The van der Waals surface area contributed by atoms with E-state index in [1.54, 1.807) is 10.6 Å². The summed E-state index contributed by atoms with van der Waals surface area (Å²) in [6, 6.07) is 5.51. The first kappa shape index (κ1) is 13.3. The molecule has 0 saturated carbocycles. The highest BCUT2D eigenvalue weighted by Gasteiger charge is 2.28. The molecule has 1 aliphatic heterocycles. The summed E-state index contributed by atoms with van der Waals surface area (Å²) in [4.78, 5) is 14.3. The molecule has 0 bridgehead atoms. The van der Waals surface area contributed by atoms with E-state index >= 15 is 0 Å². The van der Waals surface area contributed by atoms with Gasteiger partial charge in [-0.05, 0) is 38.4 Å². The lowest BCUT2D eigenvalue weighted by Gasteiger charge is -2.36. The van der Waals surface area contributed by atoms with Crippen LogP contribution in [-0.4, -0.2) is 49.4 Å². The normalized spacial score (nSPS) is 24.3. The van der Waals surface area contributed by atoms with E-state index < -0.39 is 5.60 Å². The molecule has 2 aromatic rings. The van der Waals surface area contributed by atoms with Gasteiger partial charge in [0, 0.05) is 19.3 Å². The fourth-order valence-corrected chi connectivity index (χ4v) is 2.86. The van der Waals surface area contributed by atoms with Gasteiger partial charge in [0.15, 0.2) is 5.65 Å². The van der Waals surface area contributed by atoms with Gasteiger partial charge in [-0.3, -0.25) is 9.30 Å². The first-order valence-corrected chi connectivity index (χ1v) is 7.04. The molecular formula is C14H20N4O2. The first-order chi connectivity index (χ1) is 9.55. The molecule has 0 amide bonds. The Hall–Kier alpha value is -1.66. The molecule has 3 rings (SSSR count). The minimum Gasteiger partial charge on any atom is -0.389 e. The molecule has 0 spiro atoms. The highest BCUT2D eigenvalue weighted by Crippen LogP contribution is 2.19. The number of likely N-dealkylation sites (tertiary alicyclic amines) is 1. The quantitative estimate of drug-likeness (QED) is 0.878. The number of hydrogen-bond acceptors (Lipinski definition) is 4. The van der Waals surface area contributed by atoms with Gasteiger partial charge in [0.25, 0.3) is 0 Å². The van der Waals surface area contributed by atoms with Crippen LogP contribution in [-0.2, 0) is 6.54 Å². The zero-order valence-electron chi connectivity index (χ0n) is 11.7. The third-order valence-electron chi connectivity index (χ3n) is 3.87. The fraction of sp³-hybridized carbons (Fsp3) is 0.571. The van der Waals surface area contributed by atoms with Gasteiger partial charge in [-0.1, -0.05) is 6.07 Å². The lowest BCUT2D eigenvalue weighted by atomic mass is 9.95. The smallest absolute Gasteiger partial charge is 0.350 e. The molecule has 108 valence electrons. The minimum atomic E-state index is -0.609. The Morgan fingerprint density at radius 1 is 1.40 bits per heavy atom. The predicted octanol–water partition coefficient (Wildman–Crippen LogP) is 0.343. The number of pyridine rings is 1. The Morgan fingerprint density at radius 3 is 3.00 bits per heavy atom. The van der Waals surface area contributed by atoms with Crippen molar-refractivity contribution in [2.75, 3.05) is 19.6 Å². The van der Waals surface area contributed by atoms with E-state index in [-0.39, 0.29) is 5.69 Å². The molecule has 0 aromatic carbocycles. The summed E-state index contributed by atoms with van der Waals surface area (Å²) in [6.07, 6.45) is 3.57. The second-order valence-corrected chi connectivity index (χ2v) is 5.81. The molecule has 0 radical (unpaired) electrons. The van der Waals surface area contributed by atoms with Crippen molar-refractivity contribution in [3.05, 3.63) is 34.9 Å². The van der Waals surface area contributed by atoms with Gasteiger partial charge >= 0.3 is 5.69 Å².